The number of nitrogens with one attached hydrogen (secondary N) is 2. The lowest BCUT2D eigenvalue weighted by Gasteiger charge is -2.23. The van der Waals surface area contributed by atoms with E-state index in [0.717, 1.165) is 48.7 Å². The van der Waals surface area contributed by atoms with Gasteiger partial charge >= 0.3 is 0 Å². The molecule has 0 spiro atoms. The van der Waals surface area contributed by atoms with Crippen LogP contribution in [0.2, 0.25) is 0 Å². The number of piperidine rings is 1. The van der Waals surface area contributed by atoms with Crippen molar-refractivity contribution >= 4 is 62.0 Å². The first-order valence-electron chi connectivity index (χ1n) is 14.8. The second kappa shape index (κ2) is 12.7. The first kappa shape index (κ1) is 29.0. The molecule has 0 radical (unpaired) electrons. The van der Waals surface area contributed by atoms with Crippen LogP contribution >= 0.6 is 22.7 Å². The van der Waals surface area contributed by atoms with Gasteiger partial charge in [-0.2, -0.15) is 4.98 Å². The molecule has 1 atom stereocenters. The highest BCUT2D eigenvalue weighted by Gasteiger charge is 2.23. The smallest absolute Gasteiger partial charge is 0.261 e. The highest BCUT2D eigenvalue weighted by atomic mass is 32.2. The second-order valence-electron chi connectivity index (χ2n) is 11.1. The first-order chi connectivity index (χ1) is 21.5. The van der Waals surface area contributed by atoms with Gasteiger partial charge in [-0.25, -0.2) is 9.19 Å². The van der Waals surface area contributed by atoms with Gasteiger partial charge in [0.1, 0.15) is 12.2 Å². The average molecular weight is 645 g/mol. The van der Waals surface area contributed by atoms with Crippen LogP contribution in [-0.4, -0.2) is 55.7 Å². The van der Waals surface area contributed by atoms with Crippen molar-refractivity contribution in [1.82, 2.24) is 24.8 Å². The van der Waals surface area contributed by atoms with E-state index in [0.29, 0.717) is 51.3 Å². The van der Waals surface area contributed by atoms with Gasteiger partial charge in [0.25, 0.3) is 5.56 Å². The summed E-state index contributed by atoms with van der Waals surface area (Å²) in [7, 11) is -1.32. The van der Waals surface area contributed by atoms with Crippen molar-refractivity contribution in [3.8, 4) is 10.4 Å². The lowest BCUT2D eigenvalue weighted by atomic mass is 9.90. The van der Waals surface area contributed by atoms with Crippen LogP contribution < -0.4 is 16.2 Å². The molecule has 0 aliphatic carbocycles. The van der Waals surface area contributed by atoms with E-state index in [1.165, 1.54) is 32.8 Å². The predicted molar refractivity (Wildman–Crippen MR) is 176 cm³/mol. The van der Waals surface area contributed by atoms with Gasteiger partial charge in [-0.3, -0.25) is 14.2 Å². The Labute approximate surface area is 265 Å². The number of likely N-dealkylation sites (tertiary alicyclic amines) is 1. The van der Waals surface area contributed by atoms with Crippen LogP contribution in [0.1, 0.15) is 37.2 Å². The van der Waals surface area contributed by atoms with Crippen LogP contribution in [0.25, 0.3) is 21.5 Å². The summed E-state index contributed by atoms with van der Waals surface area (Å²) < 4.78 is 15.3. The largest absolute Gasteiger partial charge is 0.341 e. The van der Waals surface area contributed by atoms with Crippen LogP contribution in [0.4, 0.5) is 11.6 Å². The van der Waals surface area contributed by atoms with E-state index in [1.54, 1.807) is 18.3 Å². The number of carbonyl (C=O) groups excluding carboxylic acids is 1. The second-order valence-corrected chi connectivity index (χ2v) is 14.7. The third kappa shape index (κ3) is 5.99. The Balaban J connectivity index is 1.22. The molecule has 4 aromatic heterocycles. The Morgan fingerprint density at radius 2 is 1.86 bits per heavy atom. The van der Waals surface area contributed by atoms with Crippen molar-refractivity contribution in [3.63, 3.8) is 0 Å². The molecule has 7 rings (SSSR count). The standard InChI is InChI=1S/C32H32N6O3S3/c39-28(37-13-1-2-14-37)19-38-30-23(16-26(31(38)40)27-17-25(20-43-27)44(41)29-4-3-15-42-29)18-34-32(36-30)35-24-7-5-21(6-8-24)22-9-11-33-12-10-22/h3-8,15-18,20,22,33H,1-2,9-14,19H2,(H,34,35,36). The number of rotatable bonds is 8. The molecule has 226 valence electrons. The van der Waals surface area contributed by atoms with Gasteiger partial charge < -0.3 is 15.5 Å². The SMILES string of the molecule is O=C(Cn1c(=O)c(-c2cc(S(=O)c3cccs3)cs2)cc2cnc(Nc3ccc(C4CCNCC4)cc3)nc21)N1CCCC1. The molecule has 2 saturated heterocycles. The number of hydrogen-bond donors (Lipinski definition) is 2. The molecule has 2 N–H and O–H groups in total. The van der Waals surface area contributed by atoms with Gasteiger partial charge in [0, 0.05) is 40.6 Å². The molecule has 2 fully saturated rings. The summed E-state index contributed by atoms with van der Waals surface area (Å²) in [6, 6.07) is 15.7. The summed E-state index contributed by atoms with van der Waals surface area (Å²) in [5, 5.41) is 11.1. The average Bonchev–Trinajstić information content (AvgIpc) is 3.86. The molecule has 9 nitrogen and oxygen atoms in total. The summed E-state index contributed by atoms with van der Waals surface area (Å²) in [6.45, 7) is 3.37. The fraction of sp³-hybridized carbons (Fsp3) is 0.312. The zero-order chi connectivity index (χ0) is 30.0. The van der Waals surface area contributed by atoms with E-state index in [9.17, 15) is 13.8 Å². The van der Waals surface area contributed by atoms with E-state index in [2.05, 4.69) is 27.8 Å². The molecule has 1 aromatic carbocycles. The maximum Gasteiger partial charge on any atom is 0.261 e. The predicted octanol–water partition coefficient (Wildman–Crippen LogP) is 5.58. The van der Waals surface area contributed by atoms with Crippen LogP contribution in [-0.2, 0) is 22.1 Å². The van der Waals surface area contributed by atoms with Gasteiger partial charge in [-0.15, -0.1) is 22.7 Å². The highest BCUT2D eigenvalue weighted by molar-refractivity contribution is 7.87. The maximum absolute atomic E-state index is 14.0. The summed E-state index contributed by atoms with van der Waals surface area (Å²) in [4.78, 5) is 39.8. The molecule has 44 heavy (non-hydrogen) atoms. The highest BCUT2D eigenvalue weighted by Crippen LogP contribution is 2.32. The van der Waals surface area contributed by atoms with E-state index >= 15 is 0 Å². The van der Waals surface area contributed by atoms with Crippen molar-refractivity contribution in [2.75, 3.05) is 31.5 Å². The number of hydrogen-bond acceptors (Lipinski definition) is 9. The summed E-state index contributed by atoms with van der Waals surface area (Å²) in [6.07, 6.45) is 5.89. The van der Waals surface area contributed by atoms with Crippen molar-refractivity contribution in [2.45, 2.75) is 47.3 Å². The van der Waals surface area contributed by atoms with Crippen molar-refractivity contribution in [2.24, 2.45) is 0 Å². The maximum atomic E-state index is 14.0. The number of aromatic nitrogens is 3. The zero-order valence-electron chi connectivity index (χ0n) is 24.0. The Morgan fingerprint density at radius 3 is 2.61 bits per heavy atom. The number of fused-ring (bicyclic) bond motifs is 1. The third-order valence-electron chi connectivity index (χ3n) is 8.29. The molecular formula is C32H32N6O3S3. The minimum absolute atomic E-state index is 0.102. The summed E-state index contributed by atoms with van der Waals surface area (Å²) in [5.74, 6) is 0.816. The number of pyridine rings is 1. The van der Waals surface area contributed by atoms with Gasteiger partial charge in [0.2, 0.25) is 11.9 Å². The van der Waals surface area contributed by atoms with Crippen LogP contribution in [0.15, 0.2) is 79.4 Å². The quantitative estimate of drug-likeness (QED) is 0.227. The number of thiophene rings is 2. The fourth-order valence-electron chi connectivity index (χ4n) is 5.91. The molecule has 5 aromatic rings. The van der Waals surface area contributed by atoms with Crippen molar-refractivity contribution < 1.29 is 9.00 Å². The molecule has 12 heteroatoms. The molecule has 1 amide bonds. The minimum atomic E-state index is -1.32. The summed E-state index contributed by atoms with van der Waals surface area (Å²) >= 11 is 2.80. The molecule has 0 saturated carbocycles. The number of benzene rings is 1. The minimum Gasteiger partial charge on any atom is -0.341 e. The van der Waals surface area contributed by atoms with Gasteiger partial charge in [0.15, 0.2) is 0 Å². The lowest BCUT2D eigenvalue weighted by Crippen LogP contribution is -2.35. The van der Waals surface area contributed by atoms with E-state index in [4.69, 9.17) is 4.98 Å². The Hall–Kier alpha value is -3.71. The third-order valence-corrected chi connectivity index (χ3v) is 12.0. The zero-order valence-corrected chi connectivity index (χ0v) is 26.5. The molecule has 0 bridgehead atoms. The van der Waals surface area contributed by atoms with E-state index in [1.807, 2.05) is 39.9 Å². The van der Waals surface area contributed by atoms with Gasteiger partial charge in [-0.05, 0) is 86.0 Å². The van der Waals surface area contributed by atoms with Crippen molar-refractivity contribution in [1.29, 1.82) is 0 Å². The number of carbonyl (C=O) groups is 1. The monoisotopic (exact) mass is 644 g/mol. The topological polar surface area (TPSA) is 109 Å². The molecule has 2 aliphatic rings. The van der Waals surface area contributed by atoms with Crippen LogP contribution in [0.3, 0.4) is 0 Å². The van der Waals surface area contributed by atoms with Crippen LogP contribution in [0.5, 0.6) is 0 Å². The number of amides is 1. The van der Waals surface area contributed by atoms with Gasteiger partial charge in [-0.1, -0.05) is 18.2 Å². The van der Waals surface area contributed by atoms with Gasteiger partial charge in [0.05, 0.1) is 25.5 Å². The molecule has 1 unspecified atom stereocenters. The molecule has 2 aliphatic heterocycles. The Morgan fingerprint density at radius 1 is 1.07 bits per heavy atom. The normalized spacial score (nSPS) is 16.4. The number of nitrogens with zero attached hydrogens (tertiary/aromatic N) is 4. The fourth-order valence-corrected chi connectivity index (χ4v) is 9.17. The van der Waals surface area contributed by atoms with E-state index in [-0.39, 0.29) is 18.0 Å². The summed E-state index contributed by atoms with van der Waals surface area (Å²) in [5.41, 5.74) is 2.70. The molecular weight excluding hydrogens is 613 g/mol. The Kier molecular flexibility index (Phi) is 8.39. The van der Waals surface area contributed by atoms with E-state index < -0.39 is 10.8 Å². The first-order valence-corrected chi connectivity index (χ1v) is 17.7. The molecule has 6 heterocycles. The number of anilines is 2. The lowest BCUT2D eigenvalue weighted by molar-refractivity contribution is -0.130. The van der Waals surface area contributed by atoms with Crippen LogP contribution in [0, 0.1) is 0 Å². The van der Waals surface area contributed by atoms with Crippen molar-refractivity contribution in [3.05, 3.63) is 81.4 Å². The Bertz CT molecular complexity index is 1870.